The van der Waals surface area contributed by atoms with Crippen molar-refractivity contribution in [3.05, 3.63) is 0 Å². The molecule has 0 bridgehead atoms. The molecule has 0 aromatic carbocycles. The predicted molar refractivity (Wildman–Crippen MR) is 48.8 cm³/mol. The van der Waals surface area contributed by atoms with E-state index in [1.807, 2.05) is 34.6 Å². The minimum absolute atomic E-state index is 0.0741. The minimum Gasteiger partial charge on any atom is -0.480 e. The fraction of sp³-hybridized carbons (Fsp3) is 0.889. The van der Waals surface area contributed by atoms with Crippen LogP contribution >= 0.6 is 0 Å². The highest BCUT2D eigenvalue weighted by Gasteiger charge is 2.47. The molecule has 3 heteroatoms. The predicted octanol–water partition coefficient (Wildman–Crippen LogP) is 1.47. The van der Waals surface area contributed by atoms with E-state index in [0.717, 1.165) is 0 Å². The van der Waals surface area contributed by atoms with E-state index < -0.39 is 16.9 Å². The molecule has 1 atom stereocenters. The first-order chi connectivity index (χ1) is 5.14. The molecule has 72 valence electrons. The van der Waals surface area contributed by atoms with Gasteiger partial charge in [0.15, 0.2) is 0 Å². The number of hydrogen-bond acceptors (Lipinski definition) is 2. The Hall–Kier alpha value is -0.570. The van der Waals surface area contributed by atoms with Crippen LogP contribution in [0.4, 0.5) is 0 Å². The van der Waals surface area contributed by atoms with Crippen LogP contribution in [0.3, 0.4) is 0 Å². The van der Waals surface area contributed by atoms with Crippen molar-refractivity contribution < 1.29 is 9.90 Å². The molecular formula is C9H19NO2. The molecule has 12 heavy (non-hydrogen) atoms. The van der Waals surface area contributed by atoms with Crippen LogP contribution in [0.2, 0.25) is 0 Å². The van der Waals surface area contributed by atoms with E-state index in [2.05, 4.69) is 0 Å². The lowest BCUT2D eigenvalue weighted by molar-refractivity contribution is -0.150. The van der Waals surface area contributed by atoms with Crippen molar-refractivity contribution in [3.63, 3.8) is 0 Å². The molecule has 0 fully saturated rings. The maximum absolute atomic E-state index is 11.0. The highest BCUT2D eigenvalue weighted by molar-refractivity contribution is 5.80. The molecule has 0 spiro atoms. The summed E-state index contributed by atoms with van der Waals surface area (Å²) in [4.78, 5) is 11.0. The van der Waals surface area contributed by atoms with Crippen molar-refractivity contribution in [1.29, 1.82) is 0 Å². The molecule has 0 aliphatic heterocycles. The summed E-state index contributed by atoms with van der Waals surface area (Å²) < 4.78 is 0. The first kappa shape index (κ1) is 11.4. The summed E-state index contributed by atoms with van der Waals surface area (Å²) in [5.74, 6) is -1.00. The van der Waals surface area contributed by atoms with Crippen LogP contribution in [0.5, 0.6) is 0 Å². The second-order valence-electron chi connectivity index (χ2n) is 4.58. The molecule has 0 aromatic heterocycles. The zero-order chi connectivity index (χ0) is 10.2. The van der Waals surface area contributed by atoms with Crippen LogP contribution < -0.4 is 5.73 Å². The maximum atomic E-state index is 11.0. The molecular weight excluding hydrogens is 154 g/mol. The highest BCUT2D eigenvalue weighted by Crippen LogP contribution is 2.34. The fourth-order valence-corrected chi connectivity index (χ4v) is 1.43. The van der Waals surface area contributed by atoms with Gasteiger partial charge in [-0.15, -0.1) is 0 Å². The lowest BCUT2D eigenvalue weighted by Gasteiger charge is -2.40. The molecule has 0 heterocycles. The van der Waals surface area contributed by atoms with E-state index >= 15 is 0 Å². The van der Waals surface area contributed by atoms with Crippen LogP contribution in [-0.2, 0) is 4.79 Å². The first-order valence-corrected chi connectivity index (χ1v) is 4.16. The van der Waals surface area contributed by atoms with Gasteiger partial charge in [0.1, 0.15) is 5.54 Å². The number of carbonyl (C=O) groups is 1. The molecule has 0 amide bonds. The molecule has 3 nitrogen and oxygen atoms in total. The zero-order valence-electron chi connectivity index (χ0n) is 8.51. The summed E-state index contributed by atoms with van der Waals surface area (Å²) in [5, 5.41) is 9.01. The Morgan fingerprint density at radius 2 is 1.67 bits per heavy atom. The van der Waals surface area contributed by atoms with Crippen molar-refractivity contribution in [1.82, 2.24) is 0 Å². The number of rotatable bonds is 2. The lowest BCUT2D eigenvalue weighted by Crippen LogP contribution is -2.61. The Bertz CT molecular complexity index is 181. The SMILES string of the molecule is CC(C)C(N)(C(=O)O)C(C)(C)C. The van der Waals surface area contributed by atoms with Crippen molar-refractivity contribution in [3.8, 4) is 0 Å². The van der Waals surface area contributed by atoms with Crippen molar-refractivity contribution >= 4 is 5.97 Å². The van der Waals surface area contributed by atoms with Gasteiger partial charge in [0.25, 0.3) is 0 Å². The van der Waals surface area contributed by atoms with Gasteiger partial charge in [0, 0.05) is 0 Å². The molecule has 0 aliphatic carbocycles. The largest absolute Gasteiger partial charge is 0.480 e. The van der Waals surface area contributed by atoms with Gasteiger partial charge in [0.05, 0.1) is 0 Å². The van der Waals surface area contributed by atoms with E-state index in [4.69, 9.17) is 10.8 Å². The first-order valence-electron chi connectivity index (χ1n) is 4.16. The van der Waals surface area contributed by atoms with Crippen LogP contribution in [0, 0.1) is 11.3 Å². The summed E-state index contributed by atoms with van der Waals surface area (Å²) >= 11 is 0. The molecule has 1 unspecified atom stereocenters. The van der Waals surface area contributed by atoms with E-state index in [1.165, 1.54) is 0 Å². The number of carboxylic acid groups (broad SMARTS) is 1. The third kappa shape index (κ3) is 1.61. The Kier molecular flexibility index (Phi) is 2.91. The quantitative estimate of drug-likeness (QED) is 0.664. The van der Waals surface area contributed by atoms with Crippen LogP contribution in [0.15, 0.2) is 0 Å². The standard InChI is InChI=1S/C9H19NO2/c1-6(2)9(10,7(11)12)8(3,4)5/h6H,10H2,1-5H3,(H,11,12). The average Bonchev–Trinajstić information content (AvgIpc) is 1.82. The summed E-state index contributed by atoms with van der Waals surface area (Å²) in [6.07, 6.45) is 0. The Morgan fingerprint density at radius 1 is 1.33 bits per heavy atom. The van der Waals surface area contributed by atoms with E-state index in [1.54, 1.807) is 0 Å². The fourth-order valence-electron chi connectivity index (χ4n) is 1.43. The maximum Gasteiger partial charge on any atom is 0.324 e. The molecule has 0 radical (unpaired) electrons. The smallest absolute Gasteiger partial charge is 0.324 e. The van der Waals surface area contributed by atoms with Crippen LogP contribution in [0.25, 0.3) is 0 Å². The van der Waals surface area contributed by atoms with Crippen molar-refractivity contribution in [2.45, 2.75) is 40.2 Å². The number of hydrogen-bond donors (Lipinski definition) is 2. The van der Waals surface area contributed by atoms with Gasteiger partial charge in [-0.3, -0.25) is 4.79 Å². The summed E-state index contributed by atoms with van der Waals surface area (Å²) in [7, 11) is 0. The van der Waals surface area contributed by atoms with E-state index in [-0.39, 0.29) is 5.92 Å². The summed E-state index contributed by atoms with van der Waals surface area (Å²) in [5.41, 5.74) is 4.29. The van der Waals surface area contributed by atoms with Gasteiger partial charge in [-0.1, -0.05) is 34.6 Å². The summed E-state index contributed by atoms with van der Waals surface area (Å²) in [6, 6.07) is 0. The third-order valence-corrected chi connectivity index (χ3v) is 2.51. The monoisotopic (exact) mass is 173 g/mol. The van der Waals surface area contributed by atoms with Gasteiger partial charge < -0.3 is 10.8 Å². The molecule has 0 saturated heterocycles. The topological polar surface area (TPSA) is 63.3 Å². The number of aliphatic carboxylic acids is 1. The lowest BCUT2D eigenvalue weighted by atomic mass is 9.68. The molecule has 0 rings (SSSR count). The zero-order valence-corrected chi connectivity index (χ0v) is 8.51. The van der Waals surface area contributed by atoms with Gasteiger partial charge in [-0.2, -0.15) is 0 Å². The minimum atomic E-state index is -1.15. The van der Waals surface area contributed by atoms with Crippen LogP contribution in [-0.4, -0.2) is 16.6 Å². The summed E-state index contributed by atoms with van der Waals surface area (Å²) in [6.45, 7) is 9.21. The highest BCUT2D eigenvalue weighted by atomic mass is 16.4. The van der Waals surface area contributed by atoms with Crippen LogP contribution in [0.1, 0.15) is 34.6 Å². The normalized spacial score (nSPS) is 17.6. The van der Waals surface area contributed by atoms with Gasteiger partial charge >= 0.3 is 5.97 Å². The molecule has 0 saturated carbocycles. The number of nitrogens with two attached hydrogens (primary N) is 1. The molecule has 0 aromatic rings. The Labute approximate surface area is 74.0 Å². The Morgan fingerprint density at radius 3 is 1.67 bits per heavy atom. The van der Waals surface area contributed by atoms with E-state index in [9.17, 15) is 4.79 Å². The van der Waals surface area contributed by atoms with Gasteiger partial charge in [-0.25, -0.2) is 0 Å². The van der Waals surface area contributed by atoms with Gasteiger partial charge in [0.2, 0.25) is 0 Å². The second kappa shape index (κ2) is 3.05. The third-order valence-electron chi connectivity index (χ3n) is 2.51. The molecule has 3 N–H and O–H groups in total. The van der Waals surface area contributed by atoms with E-state index in [0.29, 0.717) is 0 Å². The number of carboxylic acids is 1. The Balaban J connectivity index is 5.02. The second-order valence-corrected chi connectivity index (χ2v) is 4.58. The van der Waals surface area contributed by atoms with Crippen molar-refractivity contribution in [2.24, 2.45) is 17.1 Å². The molecule has 0 aliphatic rings. The van der Waals surface area contributed by atoms with Crippen molar-refractivity contribution in [2.75, 3.05) is 0 Å². The average molecular weight is 173 g/mol. The van der Waals surface area contributed by atoms with Gasteiger partial charge in [-0.05, 0) is 11.3 Å².